The highest BCUT2D eigenvalue weighted by atomic mass is 35.5. The molecule has 0 aliphatic carbocycles. The zero-order chi connectivity index (χ0) is 20.4. The highest BCUT2D eigenvalue weighted by Gasteiger charge is 2.18. The highest BCUT2D eigenvalue weighted by molar-refractivity contribution is 6.33. The fraction of sp³-hybridized carbons (Fsp3) is 0.167. The summed E-state index contributed by atoms with van der Waals surface area (Å²) in [5.41, 5.74) is 5.37. The molecule has 0 saturated carbocycles. The summed E-state index contributed by atoms with van der Waals surface area (Å²) in [7, 11) is 0. The molecule has 0 bridgehead atoms. The molecule has 4 rings (SSSR count). The molecule has 2 heterocycles. The van der Waals surface area contributed by atoms with E-state index in [4.69, 9.17) is 23.2 Å². The summed E-state index contributed by atoms with van der Waals surface area (Å²) < 4.78 is 1.84. The average molecular weight is 423 g/mol. The highest BCUT2D eigenvalue weighted by Crippen LogP contribution is 2.28. The van der Waals surface area contributed by atoms with Crippen molar-refractivity contribution in [1.82, 2.24) is 9.38 Å². The fourth-order valence-corrected chi connectivity index (χ4v) is 3.93. The van der Waals surface area contributed by atoms with E-state index in [1.807, 2.05) is 41.8 Å². The number of halogens is 2. The molecule has 3 nitrogen and oxygen atoms in total. The number of aryl methyl sites for hydroxylation is 2. The molecule has 29 heavy (non-hydrogen) atoms. The van der Waals surface area contributed by atoms with Crippen molar-refractivity contribution in [3.63, 3.8) is 0 Å². The molecule has 0 spiro atoms. The van der Waals surface area contributed by atoms with E-state index in [-0.39, 0.29) is 5.78 Å². The Morgan fingerprint density at radius 2 is 1.79 bits per heavy atom. The second kappa shape index (κ2) is 8.40. The Hall–Kier alpha value is -2.62. The number of rotatable bonds is 6. The Labute approximate surface area is 179 Å². The lowest BCUT2D eigenvalue weighted by Crippen LogP contribution is -2.07. The van der Waals surface area contributed by atoms with Crippen LogP contribution in [0.1, 0.15) is 35.1 Å². The molecule has 0 fully saturated rings. The van der Waals surface area contributed by atoms with E-state index in [0.29, 0.717) is 35.6 Å². The molecule has 0 N–H and O–H groups in total. The van der Waals surface area contributed by atoms with E-state index < -0.39 is 0 Å². The van der Waals surface area contributed by atoms with Crippen LogP contribution in [0.15, 0.2) is 66.9 Å². The molecule has 0 unspecified atom stereocenters. The molecule has 0 amide bonds. The van der Waals surface area contributed by atoms with E-state index in [1.54, 1.807) is 12.1 Å². The fourth-order valence-electron chi connectivity index (χ4n) is 3.53. The minimum Gasteiger partial charge on any atom is -0.297 e. The smallest absolute Gasteiger partial charge is 0.181 e. The Kier molecular flexibility index (Phi) is 5.70. The van der Waals surface area contributed by atoms with Gasteiger partial charge in [-0.25, -0.2) is 4.98 Å². The SMILES string of the molecule is CCc1nc2cc(Cl)ccn2c1C(=O)CCc1ccc(-c2ccccc2Cl)cc1. The van der Waals surface area contributed by atoms with Gasteiger partial charge in [-0.05, 0) is 36.1 Å². The first-order valence-electron chi connectivity index (χ1n) is 9.60. The molecule has 2 aromatic heterocycles. The molecule has 4 aromatic rings. The summed E-state index contributed by atoms with van der Waals surface area (Å²) in [6.07, 6.45) is 3.61. The monoisotopic (exact) mass is 422 g/mol. The molecule has 146 valence electrons. The topological polar surface area (TPSA) is 34.4 Å². The van der Waals surface area contributed by atoms with Gasteiger partial charge in [-0.3, -0.25) is 9.20 Å². The molecule has 2 aromatic carbocycles. The number of carbonyl (C=O) groups excluding carboxylic acids is 1. The number of ketones is 1. The molecule has 5 heteroatoms. The number of fused-ring (bicyclic) bond motifs is 1. The van der Waals surface area contributed by atoms with Crippen molar-refractivity contribution in [2.24, 2.45) is 0 Å². The van der Waals surface area contributed by atoms with Crippen LogP contribution in [0.5, 0.6) is 0 Å². The largest absolute Gasteiger partial charge is 0.297 e. The van der Waals surface area contributed by atoms with Crippen molar-refractivity contribution in [1.29, 1.82) is 0 Å². The van der Waals surface area contributed by atoms with E-state index in [2.05, 4.69) is 29.2 Å². The van der Waals surface area contributed by atoms with Crippen LogP contribution in [0.2, 0.25) is 10.0 Å². The number of hydrogen-bond acceptors (Lipinski definition) is 2. The minimum absolute atomic E-state index is 0.0897. The number of hydrogen-bond donors (Lipinski definition) is 0. The van der Waals surface area contributed by atoms with Crippen molar-refractivity contribution in [3.8, 4) is 11.1 Å². The van der Waals surface area contributed by atoms with Gasteiger partial charge in [0, 0.05) is 34.3 Å². The van der Waals surface area contributed by atoms with Crippen LogP contribution in [0.3, 0.4) is 0 Å². The standard InChI is InChI=1S/C24H20Cl2N2O/c1-2-21-24(28-14-13-18(25)15-23(28)27-21)22(29)12-9-16-7-10-17(11-8-16)19-5-3-4-6-20(19)26/h3-8,10-11,13-15H,2,9,12H2,1H3. The quantitative estimate of drug-likeness (QED) is 0.324. The summed E-state index contributed by atoms with van der Waals surface area (Å²) in [4.78, 5) is 17.5. The van der Waals surface area contributed by atoms with Gasteiger partial charge in [0.15, 0.2) is 5.78 Å². The van der Waals surface area contributed by atoms with E-state index in [9.17, 15) is 4.79 Å². The minimum atomic E-state index is 0.0897. The van der Waals surface area contributed by atoms with Crippen LogP contribution in [0.25, 0.3) is 16.8 Å². The summed E-state index contributed by atoms with van der Waals surface area (Å²) in [5.74, 6) is 0.0897. The predicted molar refractivity (Wildman–Crippen MR) is 119 cm³/mol. The Bertz CT molecular complexity index is 1180. The zero-order valence-electron chi connectivity index (χ0n) is 16.0. The van der Waals surface area contributed by atoms with Crippen LogP contribution < -0.4 is 0 Å². The summed E-state index contributed by atoms with van der Waals surface area (Å²) in [6.45, 7) is 2.01. The van der Waals surface area contributed by atoms with Crippen LogP contribution in [0.4, 0.5) is 0 Å². The molecular formula is C24H20Cl2N2O. The number of pyridine rings is 1. The van der Waals surface area contributed by atoms with Gasteiger partial charge in [0.05, 0.1) is 5.69 Å². The van der Waals surface area contributed by atoms with Crippen molar-refractivity contribution in [2.45, 2.75) is 26.2 Å². The summed E-state index contributed by atoms with van der Waals surface area (Å²) >= 11 is 12.3. The molecule has 0 aliphatic heterocycles. The number of carbonyl (C=O) groups is 1. The molecule has 0 radical (unpaired) electrons. The third-order valence-electron chi connectivity index (χ3n) is 5.04. The summed E-state index contributed by atoms with van der Waals surface area (Å²) in [5, 5.41) is 1.35. The zero-order valence-corrected chi connectivity index (χ0v) is 17.5. The maximum atomic E-state index is 13.0. The van der Waals surface area contributed by atoms with Crippen LogP contribution in [-0.2, 0) is 12.8 Å². The molecule has 0 saturated heterocycles. The number of aromatic nitrogens is 2. The molecule has 0 aliphatic rings. The van der Waals surface area contributed by atoms with Gasteiger partial charge in [0.25, 0.3) is 0 Å². The van der Waals surface area contributed by atoms with E-state index in [0.717, 1.165) is 27.4 Å². The van der Waals surface area contributed by atoms with Crippen LogP contribution in [-0.4, -0.2) is 15.2 Å². The van der Waals surface area contributed by atoms with Crippen molar-refractivity contribution in [2.75, 3.05) is 0 Å². The van der Waals surface area contributed by atoms with Gasteiger partial charge in [-0.2, -0.15) is 0 Å². The van der Waals surface area contributed by atoms with Crippen molar-refractivity contribution in [3.05, 3.63) is 93.9 Å². The first-order valence-corrected chi connectivity index (χ1v) is 10.4. The van der Waals surface area contributed by atoms with Crippen LogP contribution >= 0.6 is 23.2 Å². The van der Waals surface area contributed by atoms with Gasteiger partial charge in [-0.1, -0.05) is 72.6 Å². The first-order chi connectivity index (χ1) is 14.1. The average Bonchev–Trinajstić information content (AvgIpc) is 3.10. The first kappa shape index (κ1) is 19.7. The van der Waals surface area contributed by atoms with Gasteiger partial charge in [0.1, 0.15) is 11.3 Å². The third-order valence-corrected chi connectivity index (χ3v) is 5.60. The predicted octanol–water partition coefficient (Wildman–Crippen LogP) is 6.69. The number of Topliss-reactive ketones (excluding diaryl/α,β-unsaturated/α-hetero) is 1. The third kappa shape index (κ3) is 4.07. The maximum Gasteiger partial charge on any atom is 0.181 e. The van der Waals surface area contributed by atoms with Crippen LogP contribution in [0, 0.1) is 0 Å². The number of imidazole rings is 1. The molecule has 0 atom stereocenters. The van der Waals surface area contributed by atoms with Gasteiger partial charge in [-0.15, -0.1) is 0 Å². The lowest BCUT2D eigenvalue weighted by atomic mass is 10.0. The Morgan fingerprint density at radius 1 is 1.03 bits per heavy atom. The van der Waals surface area contributed by atoms with Gasteiger partial charge in [0.2, 0.25) is 0 Å². The number of benzene rings is 2. The molecular weight excluding hydrogens is 403 g/mol. The van der Waals surface area contributed by atoms with Gasteiger partial charge >= 0.3 is 0 Å². The lowest BCUT2D eigenvalue weighted by Gasteiger charge is -2.07. The number of nitrogens with zero attached hydrogens (tertiary/aromatic N) is 2. The van der Waals surface area contributed by atoms with Gasteiger partial charge < -0.3 is 0 Å². The second-order valence-corrected chi connectivity index (χ2v) is 7.78. The van der Waals surface area contributed by atoms with Crippen molar-refractivity contribution >= 4 is 34.6 Å². The second-order valence-electron chi connectivity index (χ2n) is 6.93. The normalized spacial score (nSPS) is 11.1. The van der Waals surface area contributed by atoms with E-state index in [1.165, 1.54) is 0 Å². The lowest BCUT2D eigenvalue weighted by molar-refractivity contribution is 0.0976. The maximum absolute atomic E-state index is 13.0. The van der Waals surface area contributed by atoms with Crippen molar-refractivity contribution < 1.29 is 4.79 Å². The Morgan fingerprint density at radius 3 is 2.52 bits per heavy atom. The summed E-state index contributed by atoms with van der Waals surface area (Å²) in [6, 6.07) is 19.6. The Balaban J connectivity index is 1.52. The van der Waals surface area contributed by atoms with E-state index >= 15 is 0 Å².